The van der Waals surface area contributed by atoms with Crippen molar-refractivity contribution in [2.45, 2.75) is 6.92 Å². The Morgan fingerprint density at radius 1 is 1.47 bits per heavy atom. The Morgan fingerprint density at radius 3 is 2.71 bits per heavy atom. The Hall–Kier alpha value is -2.02. The van der Waals surface area contributed by atoms with Crippen LogP contribution in [-0.4, -0.2) is 17.9 Å². The van der Waals surface area contributed by atoms with Crippen molar-refractivity contribution < 1.29 is 13.6 Å². The predicted molar refractivity (Wildman–Crippen MR) is 58.7 cm³/mol. The van der Waals surface area contributed by atoms with Gasteiger partial charge in [0, 0.05) is 13.1 Å². The van der Waals surface area contributed by atoms with Crippen molar-refractivity contribution in [1.29, 1.82) is 0 Å². The maximum atomic E-state index is 13.2. The van der Waals surface area contributed by atoms with Gasteiger partial charge in [-0.25, -0.2) is 19.2 Å². The smallest absolute Gasteiger partial charge is 0.273 e. The van der Waals surface area contributed by atoms with Crippen LogP contribution < -0.4 is 16.2 Å². The van der Waals surface area contributed by atoms with Crippen molar-refractivity contribution in [3.05, 3.63) is 35.7 Å². The number of amides is 1. The zero-order valence-electron chi connectivity index (χ0n) is 9.34. The molecule has 1 rings (SSSR count). The Kier molecular flexibility index (Phi) is 4.53. The molecular formula is C10H12F2N4O. The topological polar surface area (TPSA) is 66.0 Å². The molecule has 0 saturated carbocycles. The van der Waals surface area contributed by atoms with E-state index in [2.05, 4.69) is 21.2 Å². The molecule has 0 atom stereocenters. The first-order valence-electron chi connectivity index (χ1n) is 4.80. The molecule has 1 amide bonds. The number of nitrogens with one attached hydrogen (secondary N) is 3. The second-order valence-electron chi connectivity index (χ2n) is 3.02. The molecule has 5 nitrogen and oxygen atoms in total. The van der Waals surface area contributed by atoms with E-state index in [0.29, 0.717) is 6.07 Å². The average Bonchev–Trinajstić information content (AvgIpc) is 2.29. The van der Waals surface area contributed by atoms with Gasteiger partial charge in [0.2, 0.25) is 0 Å². The first kappa shape index (κ1) is 13.0. The molecule has 0 aliphatic rings. The SMILES string of the molecule is C/C=C(\NNC)C(=O)Nc1ncc(F)cc1F. The number of hydrogen-bond acceptors (Lipinski definition) is 4. The summed E-state index contributed by atoms with van der Waals surface area (Å²) < 4.78 is 25.8. The van der Waals surface area contributed by atoms with E-state index in [1.807, 2.05) is 0 Å². The molecule has 1 heterocycles. The third kappa shape index (κ3) is 3.49. The average molecular weight is 242 g/mol. The Labute approximate surface area is 96.9 Å². The van der Waals surface area contributed by atoms with E-state index in [9.17, 15) is 13.6 Å². The van der Waals surface area contributed by atoms with Crippen molar-refractivity contribution in [3.8, 4) is 0 Å². The van der Waals surface area contributed by atoms with Gasteiger partial charge in [-0.1, -0.05) is 6.08 Å². The Balaban J connectivity index is 2.80. The van der Waals surface area contributed by atoms with Gasteiger partial charge in [-0.3, -0.25) is 4.79 Å². The zero-order valence-corrected chi connectivity index (χ0v) is 9.34. The van der Waals surface area contributed by atoms with E-state index in [0.717, 1.165) is 6.20 Å². The second kappa shape index (κ2) is 5.90. The van der Waals surface area contributed by atoms with Crippen molar-refractivity contribution in [3.63, 3.8) is 0 Å². The molecule has 0 unspecified atom stereocenters. The van der Waals surface area contributed by atoms with Gasteiger partial charge < -0.3 is 10.7 Å². The highest BCUT2D eigenvalue weighted by atomic mass is 19.1. The van der Waals surface area contributed by atoms with Crippen LogP contribution in [0.1, 0.15) is 6.92 Å². The lowest BCUT2D eigenvalue weighted by atomic mass is 10.3. The normalized spacial score (nSPS) is 11.2. The number of hydrogen-bond donors (Lipinski definition) is 3. The number of allylic oxidation sites excluding steroid dienone is 1. The number of rotatable bonds is 4. The fourth-order valence-electron chi connectivity index (χ4n) is 1.08. The second-order valence-corrected chi connectivity index (χ2v) is 3.02. The molecule has 0 spiro atoms. The summed E-state index contributed by atoms with van der Waals surface area (Å²) in [5, 5.41) is 2.21. The lowest BCUT2D eigenvalue weighted by molar-refractivity contribution is -0.113. The minimum Gasteiger partial charge on any atom is -0.317 e. The highest BCUT2D eigenvalue weighted by molar-refractivity contribution is 6.02. The van der Waals surface area contributed by atoms with Crippen LogP contribution in [0.25, 0.3) is 0 Å². The predicted octanol–water partition coefficient (Wildman–Crippen LogP) is 0.926. The third-order valence-electron chi connectivity index (χ3n) is 1.83. The Bertz CT molecular complexity index is 448. The van der Waals surface area contributed by atoms with E-state index in [1.54, 1.807) is 14.0 Å². The lowest BCUT2D eigenvalue weighted by Crippen LogP contribution is -2.33. The molecular weight excluding hydrogens is 230 g/mol. The number of aromatic nitrogens is 1. The quantitative estimate of drug-likeness (QED) is 0.542. The van der Waals surface area contributed by atoms with Crippen LogP contribution in [0.4, 0.5) is 14.6 Å². The van der Waals surface area contributed by atoms with Crippen molar-refractivity contribution in [1.82, 2.24) is 15.8 Å². The van der Waals surface area contributed by atoms with Gasteiger partial charge >= 0.3 is 0 Å². The number of carbonyl (C=O) groups excluding carboxylic acids is 1. The van der Waals surface area contributed by atoms with Gasteiger partial charge in [0.15, 0.2) is 11.6 Å². The first-order chi connectivity index (χ1) is 8.08. The van der Waals surface area contributed by atoms with E-state index in [1.165, 1.54) is 6.08 Å². The summed E-state index contributed by atoms with van der Waals surface area (Å²) >= 11 is 0. The van der Waals surface area contributed by atoms with Gasteiger partial charge in [-0.15, -0.1) is 0 Å². The summed E-state index contributed by atoms with van der Waals surface area (Å²) in [5.74, 6) is -2.65. The fraction of sp³-hybridized carbons (Fsp3) is 0.200. The standard InChI is InChI=1S/C10H12F2N4O/c1-3-8(16-13-2)10(17)15-9-7(12)4-6(11)5-14-9/h3-5,13,16H,1-2H3,(H,14,15,17)/b8-3-. The molecule has 0 aromatic carbocycles. The number of nitrogens with zero attached hydrogens (tertiary/aromatic N) is 1. The lowest BCUT2D eigenvalue weighted by Gasteiger charge is -2.09. The minimum atomic E-state index is -0.932. The van der Waals surface area contributed by atoms with E-state index in [4.69, 9.17) is 0 Å². The highest BCUT2D eigenvalue weighted by Crippen LogP contribution is 2.11. The van der Waals surface area contributed by atoms with E-state index < -0.39 is 17.5 Å². The maximum Gasteiger partial charge on any atom is 0.273 e. The van der Waals surface area contributed by atoms with Gasteiger partial charge in [0.05, 0.1) is 6.20 Å². The fourth-order valence-corrected chi connectivity index (χ4v) is 1.08. The number of halogens is 2. The van der Waals surface area contributed by atoms with Crippen molar-refractivity contribution >= 4 is 11.7 Å². The molecule has 1 aromatic heterocycles. The molecule has 0 radical (unpaired) electrons. The molecule has 92 valence electrons. The summed E-state index contributed by atoms with van der Waals surface area (Å²) in [5.41, 5.74) is 5.31. The molecule has 3 N–H and O–H groups in total. The van der Waals surface area contributed by atoms with Crippen LogP contribution in [0.5, 0.6) is 0 Å². The minimum absolute atomic E-state index is 0.193. The molecule has 0 bridgehead atoms. The summed E-state index contributed by atoms with van der Waals surface area (Å²) in [6.45, 7) is 1.63. The van der Waals surface area contributed by atoms with Crippen LogP contribution in [-0.2, 0) is 4.79 Å². The molecule has 0 saturated heterocycles. The van der Waals surface area contributed by atoms with Crippen LogP contribution >= 0.6 is 0 Å². The first-order valence-corrected chi connectivity index (χ1v) is 4.80. The van der Waals surface area contributed by atoms with E-state index in [-0.39, 0.29) is 11.5 Å². The van der Waals surface area contributed by atoms with Gasteiger partial charge in [-0.2, -0.15) is 0 Å². The number of pyridine rings is 1. The third-order valence-corrected chi connectivity index (χ3v) is 1.83. The molecule has 17 heavy (non-hydrogen) atoms. The summed E-state index contributed by atoms with van der Waals surface area (Å²) in [7, 11) is 1.58. The highest BCUT2D eigenvalue weighted by Gasteiger charge is 2.12. The van der Waals surface area contributed by atoms with E-state index >= 15 is 0 Å². The largest absolute Gasteiger partial charge is 0.317 e. The monoisotopic (exact) mass is 242 g/mol. The van der Waals surface area contributed by atoms with Gasteiger partial charge in [-0.05, 0) is 6.92 Å². The molecule has 1 aromatic rings. The van der Waals surface area contributed by atoms with Gasteiger partial charge in [0.25, 0.3) is 5.91 Å². The van der Waals surface area contributed by atoms with Gasteiger partial charge in [0.1, 0.15) is 11.5 Å². The summed E-state index contributed by atoms with van der Waals surface area (Å²) in [4.78, 5) is 15.0. The summed E-state index contributed by atoms with van der Waals surface area (Å²) in [6, 6.07) is 0.642. The number of hydrazine groups is 1. The summed E-state index contributed by atoms with van der Waals surface area (Å²) in [6.07, 6.45) is 2.31. The maximum absolute atomic E-state index is 13.2. The van der Waals surface area contributed by atoms with Crippen LogP contribution in [0.3, 0.4) is 0 Å². The molecule has 0 fully saturated rings. The zero-order chi connectivity index (χ0) is 12.8. The molecule has 0 aliphatic heterocycles. The number of carbonyl (C=O) groups is 1. The van der Waals surface area contributed by atoms with Crippen molar-refractivity contribution in [2.75, 3.05) is 12.4 Å². The Morgan fingerprint density at radius 2 is 2.18 bits per heavy atom. The number of anilines is 1. The van der Waals surface area contributed by atoms with Crippen LogP contribution in [0.2, 0.25) is 0 Å². The van der Waals surface area contributed by atoms with Crippen LogP contribution in [0.15, 0.2) is 24.0 Å². The molecule has 0 aliphatic carbocycles. The molecule has 7 heteroatoms. The van der Waals surface area contributed by atoms with Crippen molar-refractivity contribution in [2.24, 2.45) is 0 Å². The van der Waals surface area contributed by atoms with Crippen LogP contribution in [0, 0.1) is 11.6 Å².